The van der Waals surface area contributed by atoms with E-state index in [1.165, 1.54) is 19.2 Å². The van der Waals surface area contributed by atoms with E-state index in [0.717, 1.165) is 0 Å². The van der Waals surface area contributed by atoms with Crippen molar-refractivity contribution < 1.29 is 19.4 Å². The van der Waals surface area contributed by atoms with Crippen molar-refractivity contribution in [1.29, 1.82) is 0 Å². The fourth-order valence-corrected chi connectivity index (χ4v) is 1.52. The molecule has 0 saturated heterocycles. The van der Waals surface area contributed by atoms with Gasteiger partial charge in [-0.25, -0.2) is 4.79 Å². The third kappa shape index (κ3) is 2.62. The van der Waals surface area contributed by atoms with E-state index in [4.69, 9.17) is 4.74 Å². The van der Waals surface area contributed by atoms with Gasteiger partial charge in [0.15, 0.2) is 11.5 Å². The van der Waals surface area contributed by atoms with Gasteiger partial charge in [-0.2, -0.15) is 0 Å². The lowest BCUT2D eigenvalue weighted by Gasteiger charge is -2.09. The molecule has 0 heterocycles. The lowest BCUT2D eigenvalue weighted by atomic mass is 10.2. The van der Waals surface area contributed by atoms with Crippen molar-refractivity contribution in [2.75, 3.05) is 13.7 Å². The number of benzene rings is 1. The minimum atomic E-state index is -0.475. The highest BCUT2D eigenvalue weighted by molar-refractivity contribution is 9.10. The lowest BCUT2D eigenvalue weighted by molar-refractivity contribution is 0.0600. The summed E-state index contributed by atoms with van der Waals surface area (Å²) in [5.74, 6) is -0.242. The number of methoxy groups -OCH3 is 1. The molecule has 82 valence electrons. The molecule has 1 aromatic rings. The molecule has 0 radical (unpaired) electrons. The number of carbonyl (C=O) groups is 1. The van der Waals surface area contributed by atoms with Gasteiger partial charge in [-0.1, -0.05) is 0 Å². The number of phenolic OH excluding ortho intramolecular Hbond substituents is 1. The molecular formula is C10H11BrO4. The molecule has 1 aromatic carbocycles. The quantitative estimate of drug-likeness (QED) is 0.860. The fourth-order valence-electron chi connectivity index (χ4n) is 1.08. The normalized spacial score (nSPS) is 9.80. The summed E-state index contributed by atoms with van der Waals surface area (Å²) in [5, 5.41) is 9.58. The van der Waals surface area contributed by atoms with Crippen molar-refractivity contribution in [1.82, 2.24) is 0 Å². The van der Waals surface area contributed by atoms with Crippen LogP contribution in [-0.2, 0) is 4.74 Å². The number of halogens is 1. The largest absolute Gasteiger partial charge is 0.503 e. The van der Waals surface area contributed by atoms with Crippen molar-refractivity contribution in [3.8, 4) is 11.5 Å². The number of ether oxygens (including phenoxy) is 2. The van der Waals surface area contributed by atoms with Crippen LogP contribution < -0.4 is 4.74 Å². The van der Waals surface area contributed by atoms with Crippen LogP contribution in [0.15, 0.2) is 16.6 Å². The zero-order chi connectivity index (χ0) is 11.4. The Kier molecular flexibility index (Phi) is 3.96. The number of hydrogen-bond acceptors (Lipinski definition) is 4. The van der Waals surface area contributed by atoms with Gasteiger partial charge in [0, 0.05) is 0 Å². The monoisotopic (exact) mass is 274 g/mol. The molecule has 5 heteroatoms. The number of rotatable bonds is 3. The standard InChI is InChI=1S/C10H11BrO4/c1-3-15-8-5-6(10(13)14-2)4-7(11)9(8)12/h4-5,12H,3H2,1-2H3. The minimum Gasteiger partial charge on any atom is -0.503 e. The van der Waals surface area contributed by atoms with E-state index in [2.05, 4.69) is 20.7 Å². The molecule has 1 N–H and O–H groups in total. The average Bonchev–Trinajstić information content (AvgIpc) is 2.23. The second-order valence-corrected chi connectivity index (χ2v) is 3.58. The van der Waals surface area contributed by atoms with Crippen LogP contribution in [0.2, 0.25) is 0 Å². The Morgan fingerprint density at radius 2 is 2.20 bits per heavy atom. The van der Waals surface area contributed by atoms with Gasteiger partial charge in [-0.3, -0.25) is 0 Å². The predicted molar refractivity (Wildman–Crippen MR) is 58.3 cm³/mol. The summed E-state index contributed by atoms with van der Waals surface area (Å²) in [5.41, 5.74) is 0.325. The summed E-state index contributed by atoms with van der Waals surface area (Å²) >= 11 is 3.13. The fraction of sp³-hybridized carbons (Fsp3) is 0.300. The lowest BCUT2D eigenvalue weighted by Crippen LogP contribution is -2.02. The molecule has 0 fully saturated rings. The average molecular weight is 275 g/mol. The van der Waals surface area contributed by atoms with Gasteiger partial charge in [0.25, 0.3) is 0 Å². The number of hydrogen-bond donors (Lipinski definition) is 1. The predicted octanol–water partition coefficient (Wildman–Crippen LogP) is 2.34. The summed E-state index contributed by atoms with van der Waals surface area (Å²) in [4.78, 5) is 11.3. The van der Waals surface area contributed by atoms with Crippen LogP contribution in [0.5, 0.6) is 11.5 Å². The topological polar surface area (TPSA) is 55.8 Å². The summed E-state index contributed by atoms with van der Waals surface area (Å²) in [6.07, 6.45) is 0. The maximum Gasteiger partial charge on any atom is 0.338 e. The van der Waals surface area contributed by atoms with Gasteiger partial charge in [-0.15, -0.1) is 0 Å². The second-order valence-electron chi connectivity index (χ2n) is 2.73. The van der Waals surface area contributed by atoms with Crippen LogP contribution in [0.25, 0.3) is 0 Å². The zero-order valence-corrected chi connectivity index (χ0v) is 10.00. The number of aromatic hydroxyl groups is 1. The van der Waals surface area contributed by atoms with E-state index < -0.39 is 5.97 Å². The molecule has 4 nitrogen and oxygen atoms in total. The van der Waals surface area contributed by atoms with E-state index in [1.54, 1.807) is 6.92 Å². The Morgan fingerprint density at radius 1 is 1.53 bits per heavy atom. The first kappa shape index (κ1) is 11.8. The minimum absolute atomic E-state index is 0.0236. The smallest absolute Gasteiger partial charge is 0.338 e. The SMILES string of the molecule is CCOc1cc(C(=O)OC)cc(Br)c1O. The molecule has 0 aliphatic rings. The summed E-state index contributed by atoms with van der Waals surface area (Å²) in [6.45, 7) is 2.20. The van der Waals surface area contributed by atoms with Crippen LogP contribution in [-0.4, -0.2) is 24.8 Å². The third-order valence-electron chi connectivity index (χ3n) is 1.75. The first-order valence-corrected chi connectivity index (χ1v) is 5.13. The number of esters is 1. The highest BCUT2D eigenvalue weighted by Gasteiger charge is 2.13. The van der Waals surface area contributed by atoms with Gasteiger partial charge in [0.2, 0.25) is 0 Å². The van der Waals surface area contributed by atoms with E-state index in [9.17, 15) is 9.90 Å². The van der Waals surface area contributed by atoms with Crippen molar-refractivity contribution in [2.45, 2.75) is 6.92 Å². The Hall–Kier alpha value is -1.23. The highest BCUT2D eigenvalue weighted by atomic mass is 79.9. The number of phenols is 1. The van der Waals surface area contributed by atoms with Gasteiger partial charge >= 0.3 is 5.97 Å². The first-order valence-electron chi connectivity index (χ1n) is 4.33. The van der Waals surface area contributed by atoms with E-state index in [1.807, 2.05) is 0 Å². The molecule has 0 unspecified atom stereocenters. The van der Waals surface area contributed by atoms with Gasteiger partial charge in [-0.05, 0) is 35.0 Å². The van der Waals surface area contributed by atoms with E-state index in [-0.39, 0.29) is 11.5 Å². The summed E-state index contributed by atoms with van der Waals surface area (Å²) < 4.78 is 10.1. The molecule has 0 aromatic heterocycles. The van der Waals surface area contributed by atoms with Crippen LogP contribution in [0.3, 0.4) is 0 Å². The van der Waals surface area contributed by atoms with Crippen LogP contribution in [0, 0.1) is 0 Å². The van der Waals surface area contributed by atoms with Gasteiger partial charge < -0.3 is 14.6 Å². The highest BCUT2D eigenvalue weighted by Crippen LogP contribution is 2.35. The Bertz CT molecular complexity index is 376. The third-order valence-corrected chi connectivity index (χ3v) is 2.35. The first-order chi connectivity index (χ1) is 7.10. The molecule has 15 heavy (non-hydrogen) atoms. The molecule has 0 saturated carbocycles. The molecule has 1 rings (SSSR count). The van der Waals surface area contributed by atoms with Crippen molar-refractivity contribution in [2.24, 2.45) is 0 Å². The van der Waals surface area contributed by atoms with Gasteiger partial charge in [0.05, 0.1) is 23.8 Å². The molecule has 0 aliphatic heterocycles. The number of carbonyl (C=O) groups excluding carboxylic acids is 1. The van der Waals surface area contributed by atoms with E-state index >= 15 is 0 Å². The Morgan fingerprint density at radius 3 is 2.73 bits per heavy atom. The van der Waals surface area contributed by atoms with Crippen LogP contribution >= 0.6 is 15.9 Å². The summed E-state index contributed by atoms with van der Waals surface area (Å²) in [7, 11) is 1.30. The second kappa shape index (κ2) is 5.02. The molecule has 0 aliphatic carbocycles. The molecule has 0 spiro atoms. The van der Waals surface area contributed by atoms with Crippen LogP contribution in [0.1, 0.15) is 17.3 Å². The van der Waals surface area contributed by atoms with E-state index in [0.29, 0.717) is 16.6 Å². The maximum atomic E-state index is 11.3. The summed E-state index contributed by atoms with van der Waals surface area (Å²) in [6, 6.07) is 2.92. The molecule has 0 atom stereocenters. The van der Waals surface area contributed by atoms with Gasteiger partial charge in [0.1, 0.15) is 0 Å². The van der Waals surface area contributed by atoms with Crippen molar-refractivity contribution >= 4 is 21.9 Å². The van der Waals surface area contributed by atoms with Crippen LogP contribution in [0.4, 0.5) is 0 Å². The Balaban J connectivity index is 3.16. The Labute approximate surface area is 95.9 Å². The van der Waals surface area contributed by atoms with Crippen molar-refractivity contribution in [3.05, 3.63) is 22.2 Å². The van der Waals surface area contributed by atoms with Crippen molar-refractivity contribution in [3.63, 3.8) is 0 Å². The zero-order valence-electron chi connectivity index (χ0n) is 8.41. The maximum absolute atomic E-state index is 11.3. The molecule has 0 amide bonds. The molecular weight excluding hydrogens is 264 g/mol. The molecule has 0 bridgehead atoms.